The number of hydrogen-bond acceptors (Lipinski definition) is 9. The van der Waals surface area contributed by atoms with E-state index in [2.05, 4.69) is 10.1 Å². The highest BCUT2D eigenvalue weighted by molar-refractivity contribution is 6.39. The molecule has 1 N–H and O–H groups in total. The normalized spacial score (nSPS) is 10.3. The number of rotatable bonds is 7. The van der Waals surface area contributed by atoms with Crippen molar-refractivity contribution in [2.24, 2.45) is 0 Å². The summed E-state index contributed by atoms with van der Waals surface area (Å²) in [5.74, 6) is -0.816. The molecule has 29 heavy (non-hydrogen) atoms. The maximum atomic E-state index is 11.7. The summed E-state index contributed by atoms with van der Waals surface area (Å²) in [6, 6.07) is 3.58. The van der Waals surface area contributed by atoms with E-state index in [-0.39, 0.29) is 27.0 Å². The summed E-state index contributed by atoms with van der Waals surface area (Å²) in [6.45, 7) is 0. The maximum absolute atomic E-state index is 11.7. The van der Waals surface area contributed by atoms with Crippen molar-refractivity contribution in [3.63, 3.8) is 0 Å². The quantitative estimate of drug-likeness (QED) is 0.373. The SMILES string of the molecule is COC(=O)Cc1cc([N+](=O)[O-])cc([N+](=O)[O-])c1Nc1c(Cl)cc([N+](=O)[O-])cc1Cl. The Morgan fingerprint density at radius 3 is 1.90 bits per heavy atom. The van der Waals surface area contributed by atoms with Gasteiger partial charge in [0, 0.05) is 23.8 Å². The van der Waals surface area contributed by atoms with E-state index in [1.165, 1.54) is 0 Å². The smallest absolute Gasteiger partial charge is 0.310 e. The van der Waals surface area contributed by atoms with Gasteiger partial charge in [-0.2, -0.15) is 0 Å². The van der Waals surface area contributed by atoms with E-state index in [4.69, 9.17) is 23.2 Å². The number of non-ortho nitro benzene ring substituents is 2. The highest BCUT2D eigenvalue weighted by atomic mass is 35.5. The summed E-state index contributed by atoms with van der Waals surface area (Å²) >= 11 is 12.0. The van der Waals surface area contributed by atoms with Crippen molar-refractivity contribution in [2.45, 2.75) is 6.42 Å². The maximum Gasteiger partial charge on any atom is 0.310 e. The van der Waals surface area contributed by atoms with Crippen LogP contribution in [0.2, 0.25) is 10.0 Å². The molecule has 2 aromatic rings. The fraction of sp³-hybridized carbons (Fsp3) is 0.133. The number of benzene rings is 2. The van der Waals surface area contributed by atoms with Crippen molar-refractivity contribution in [2.75, 3.05) is 12.4 Å². The number of halogens is 2. The summed E-state index contributed by atoms with van der Waals surface area (Å²) in [4.78, 5) is 42.7. The van der Waals surface area contributed by atoms with Crippen molar-refractivity contribution >= 4 is 57.6 Å². The van der Waals surface area contributed by atoms with Gasteiger partial charge in [-0.3, -0.25) is 35.1 Å². The molecule has 0 saturated heterocycles. The lowest BCUT2D eigenvalue weighted by atomic mass is 10.1. The van der Waals surface area contributed by atoms with Gasteiger partial charge >= 0.3 is 5.97 Å². The largest absolute Gasteiger partial charge is 0.469 e. The van der Waals surface area contributed by atoms with Crippen LogP contribution in [0.25, 0.3) is 0 Å². The number of esters is 1. The van der Waals surface area contributed by atoms with Crippen molar-refractivity contribution in [1.82, 2.24) is 0 Å². The van der Waals surface area contributed by atoms with E-state index in [1.54, 1.807) is 0 Å². The molecule has 0 atom stereocenters. The Bertz CT molecular complexity index is 1020. The van der Waals surface area contributed by atoms with E-state index in [0.717, 1.165) is 25.3 Å². The summed E-state index contributed by atoms with van der Waals surface area (Å²) in [5, 5.41) is 35.6. The topological polar surface area (TPSA) is 168 Å². The summed E-state index contributed by atoms with van der Waals surface area (Å²) in [6.07, 6.45) is -0.538. The molecule has 0 aliphatic heterocycles. The van der Waals surface area contributed by atoms with Crippen molar-refractivity contribution in [3.8, 4) is 0 Å². The Hall–Kier alpha value is -3.51. The number of nitro groups is 3. The number of carbonyl (C=O) groups is 1. The molecule has 12 nitrogen and oxygen atoms in total. The number of hydrogen-bond donors (Lipinski definition) is 1. The number of carbonyl (C=O) groups excluding carboxylic acids is 1. The predicted molar refractivity (Wildman–Crippen MR) is 102 cm³/mol. The van der Waals surface area contributed by atoms with Crippen LogP contribution in [0.4, 0.5) is 28.4 Å². The monoisotopic (exact) mass is 444 g/mol. The number of nitrogens with one attached hydrogen (secondary N) is 1. The van der Waals surface area contributed by atoms with Gasteiger partial charge in [0.05, 0.1) is 50.1 Å². The Balaban J connectivity index is 2.70. The van der Waals surface area contributed by atoms with Crippen molar-refractivity contribution < 1.29 is 24.3 Å². The van der Waals surface area contributed by atoms with Gasteiger partial charge in [-0.15, -0.1) is 0 Å². The minimum absolute atomic E-state index is 0.123. The first-order valence-corrected chi connectivity index (χ1v) is 8.23. The van der Waals surface area contributed by atoms with Gasteiger partial charge < -0.3 is 10.1 Å². The van der Waals surface area contributed by atoms with Gasteiger partial charge in [-0.25, -0.2) is 0 Å². The highest BCUT2D eigenvalue weighted by Gasteiger charge is 2.27. The minimum Gasteiger partial charge on any atom is -0.469 e. The van der Waals surface area contributed by atoms with E-state index < -0.39 is 44.2 Å². The van der Waals surface area contributed by atoms with E-state index in [1.807, 2.05) is 0 Å². The highest BCUT2D eigenvalue weighted by Crippen LogP contribution is 2.41. The Morgan fingerprint density at radius 1 is 0.931 bits per heavy atom. The number of methoxy groups -OCH3 is 1. The zero-order chi connectivity index (χ0) is 21.9. The van der Waals surface area contributed by atoms with Crippen LogP contribution in [-0.2, 0) is 16.0 Å². The molecule has 0 saturated carbocycles. The van der Waals surface area contributed by atoms with Crippen LogP contribution >= 0.6 is 23.2 Å². The van der Waals surface area contributed by atoms with Crippen LogP contribution in [0.5, 0.6) is 0 Å². The Morgan fingerprint density at radius 2 is 1.45 bits per heavy atom. The molecule has 2 aromatic carbocycles. The fourth-order valence-electron chi connectivity index (χ4n) is 2.34. The fourth-order valence-corrected chi connectivity index (χ4v) is 2.91. The van der Waals surface area contributed by atoms with Gasteiger partial charge in [0.1, 0.15) is 5.69 Å². The summed E-state index contributed by atoms with van der Waals surface area (Å²) < 4.78 is 4.52. The van der Waals surface area contributed by atoms with Gasteiger partial charge in [0.25, 0.3) is 17.1 Å². The van der Waals surface area contributed by atoms with Gasteiger partial charge in [-0.05, 0) is 0 Å². The molecule has 0 bridgehead atoms. The molecule has 0 spiro atoms. The average Bonchev–Trinajstić information content (AvgIpc) is 2.64. The number of ether oxygens (including phenoxy) is 1. The molecule has 0 aromatic heterocycles. The first kappa shape index (κ1) is 21.8. The van der Waals surface area contributed by atoms with Crippen LogP contribution in [-0.4, -0.2) is 27.8 Å². The van der Waals surface area contributed by atoms with Crippen LogP contribution < -0.4 is 5.32 Å². The second-order valence-corrected chi connectivity index (χ2v) is 6.25. The van der Waals surface area contributed by atoms with E-state index in [0.29, 0.717) is 6.07 Å². The third-order valence-corrected chi connectivity index (χ3v) is 4.24. The number of nitro benzene ring substituents is 3. The molecule has 0 unspecified atom stereocenters. The number of nitrogens with zero attached hydrogens (tertiary/aromatic N) is 3. The molecule has 152 valence electrons. The average molecular weight is 445 g/mol. The van der Waals surface area contributed by atoms with E-state index in [9.17, 15) is 35.1 Å². The van der Waals surface area contributed by atoms with Crippen molar-refractivity contribution in [3.05, 3.63) is 70.2 Å². The van der Waals surface area contributed by atoms with Crippen LogP contribution in [0.1, 0.15) is 5.56 Å². The molecule has 0 radical (unpaired) electrons. The lowest BCUT2D eigenvalue weighted by Gasteiger charge is -2.14. The molecule has 0 amide bonds. The molecule has 0 fully saturated rings. The molecule has 14 heteroatoms. The van der Waals surface area contributed by atoms with Gasteiger partial charge in [0.2, 0.25) is 0 Å². The molecular formula is C15H10Cl2N4O8. The number of anilines is 2. The molecule has 0 heterocycles. The lowest BCUT2D eigenvalue weighted by Crippen LogP contribution is -2.10. The standard InChI is InChI=1S/C15H10Cl2N4O8/c1-29-13(22)3-7-2-8(19(23)24)6-12(21(27)28)14(7)18-15-10(16)4-9(20(25)26)5-11(15)17/h2,4-6,18H,3H2,1H3. The van der Waals surface area contributed by atoms with Crippen LogP contribution in [0.3, 0.4) is 0 Å². The van der Waals surface area contributed by atoms with Crippen LogP contribution in [0.15, 0.2) is 24.3 Å². The molecule has 0 aliphatic rings. The first-order valence-electron chi connectivity index (χ1n) is 7.48. The van der Waals surface area contributed by atoms with Gasteiger partial charge in [0.15, 0.2) is 0 Å². The van der Waals surface area contributed by atoms with E-state index >= 15 is 0 Å². The van der Waals surface area contributed by atoms with Gasteiger partial charge in [-0.1, -0.05) is 23.2 Å². The molecular weight excluding hydrogens is 435 g/mol. The Labute approximate surface area is 171 Å². The minimum atomic E-state index is -0.899. The van der Waals surface area contributed by atoms with Crippen LogP contribution in [0, 0.1) is 30.3 Å². The molecule has 0 aliphatic carbocycles. The second kappa shape index (κ2) is 8.67. The predicted octanol–water partition coefficient (Wildman–Crippen LogP) is 4.18. The summed E-state index contributed by atoms with van der Waals surface area (Å²) in [5.41, 5.74) is -2.34. The summed E-state index contributed by atoms with van der Waals surface area (Å²) in [7, 11) is 1.07. The lowest BCUT2D eigenvalue weighted by molar-refractivity contribution is -0.393. The third-order valence-electron chi connectivity index (χ3n) is 3.64. The molecule has 2 rings (SSSR count). The zero-order valence-corrected chi connectivity index (χ0v) is 15.9. The third kappa shape index (κ3) is 4.86. The second-order valence-electron chi connectivity index (χ2n) is 5.43. The van der Waals surface area contributed by atoms with Crippen molar-refractivity contribution in [1.29, 1.82) is 0 Å². The zero-order valence-electron chi connectivity index (χ0n) is 14.4. The first-order chi connectivity index (χ1) is 13.5. The Kier molecular flexibility index (Phi) is 6.51.